The van der Waals surface area contributed by atoms with Crippen molar-refractivity contribution < 1.29 is 9.53 Å². The van der Waals surface area contributed by atoms with E-state index in [4.69, 9.17) is 4.74 Å². The summed E-state index contributed by atoms with van der Waals surface area (Å²) < 4.78 is 5.75. The Morgan fingerprint density at radius 1 is 1.12 bits per heavy atom. The van der Waals surface area contributed by atoms with Crippen molar-refractivity contribution in [3.8, 4) is 5.75 Å². The normalized spacial score (nSPS) is 18.8. The van der Waals surface area contributed by atoms with E-state index in [1.807, 2.05) is 23.1 Å². The molecule has 1 saturated carbocycles. The summed E-state index contributed by atoms with van der Waals surface area (Å²) >= 11 is 0. The predicted molar refractivity (Wildman–Crippen MR) is 89.8 cm³/mol. The number of nitrogens with zero attached hydrogens (tertiary/aromatic N) is 4. The first-order valence-electron chi connectivity index (χ1n) is 8.46. The van der Waals surface area contributed by atoms with E-state index in [0.717, 1.165) is 48.9 Å². The first-order valence-corrected chi connectivity index (χ1v) is 8.46. The maximum Gasteiger partial charge on any atom is 0.261 e. The molecule has 5 rings (SSSR count). The highest BCUT2D eigenvalue weighted by Crippen LogP contribution is 2.43. The highest BCUT2D eigenvalue weighted by Gasteiger charge is 2.32. The lowest BCUT2D eigenvalue weighted by atomic mass is 10.1. The molecular formula is C18H18N4O2. The molecule has 1 aromatic heterocycles. The second-order valence-corrected chi connectivity index (χ2v) is 6.52. The summed E-state index contributed by atoms with van der Waals surface area (Å²) in [5.41, 5.74) is 2.48. The van der Waals surface area contributed by atoms with Crippen LogP contribution in [0.2, 0.25) is 0 Å². The zero-order chi connectivity index (χ0) is 16.1. The van der Waals surface area contributed by atoms with E-state index in [9.17, 15) is 4.79 Å². The molecule has 0 bridgehead atoms. The monoisotopic (exact) mass is 322 g/mol. The van der Waals surface area contributed by atoms with Gasteiger partial charge in [-0.05, 0) is 25.0 Å². The summed E-state index contributed by atoms with van der Waals surface area (Å²) in [5.74, 6) is 2.17. The summed E-state index contributed by atoms with van der Waals surface area (Å²) in [6.07, 6.45) is 5.65. The van der Waals surface area contributed by atoms with Crippen molar-refractivity contribution in [2.45, 2.75) is 18.8 Å². The van der Waals surface area contributed by atoms with Crippen LogP contribution in [0.25, 0.3) is 0 Å². The van der Waals surface area contributed by atoms with E-state index in [0.29, 0.717) is 24.6 Å². The molecular weight excluding hydrogens is 304 g/mol. The van der Waals surface area contributed by atoms with Gasteiger partial charge < -0.3 is 14.5 Å². The third kappa shape index (κ3) is 2.13. The van der Waals surface area contributed by atoms with Crippen LogP contribution in [0.1, 0.15) is 34.9 Å². The number of carbonyl (C=O) groups excluding carboxylic acids is 1. The Morgan fingerprint density at radius 3 is 2.75 bits per heavy atom. The highest BCUT2D eigenvalue weighted by atomic mass is 16.5. The SMILES string of the molecule is O=C(c1cnc(C2CC2)nc1)N1CCN2CCOc3cccc1c32. The molecule has 6 heteroatoms. The van der Waals surface area contributed by atoms with Crippen molar-refractivity contribution in [1.29, 1.82) is 0 Å². The van der Waals surface area contributed by atoms with Gasteiger partial charge in [0.1, 0.15) is 23.9 Å². The highest BCUT2D eigenvalue weighted by molar-refractivity contribution is 6.08. The van der Waals surface area contributed by atoms with Gasteiger partial charge >= 0.3 is 0 Å². The van der Waals surface area contributed by atoms with Gasteiger partial charge in [0.05, 0.1) is 17.8 Å². The number of ether oxygens (including phenoxy) is 1. The van der Waals surface area contributed by atoms with Crippen molar-refractivity contribution in [3.63, 3.8) is 0 Å². The average molecular weight is 322 g/mol. The fraction of sp³-hybridized carbons (Fsp3) is 0.389. The van der Waals surface area contributed by atoms with Crippen molar-refractivity contribution in [1.82, 2.24) is 9.97 Å². The molecule has 1 amide bonds. The number of carbonyl (C=O) groups is 1. The smallest absolute Gasteiger partial charge is 0.261 e. The van der Waals surface area contributed by atoms with Crippen LogP contribution in [-0.2, 0) is 0 Å². The van der Waals surface area contributed by atoms with Crippen molar-refractivity contribution in [2.24, 2.45) is 0 Å². The quantitative estimate of drug-likeness (QED) is 0.848. The summed E-state index contributed by atoms with van der Waals surface area (Å²) in [5, 5.41) is 0. The van der Waals surface area contributed by atoms with Gasteiger partial charge in [0.2, 0.25) is 0 Å². The molecule has 1 aromatic carbocycles. The van der Waals surface area contributed by atoms with E-state index < -0.39 is 0 Å². The second kappa shape index (κ2) is 5.19. The molecule has 0 N–H and O–H groups in total. The third-order valence-corrected chi connectivity index (χ3v) is 4.90. The van der Waals surface area contributed by atoms with Crippen LogP contribution in [0, 0.1) is 0 Å². The average Bonchev–Trinajstić information content (AvgIpc) is 3.47. The first kappa shape index (κ1) is 13.8. The minimum Gasteiger partial charge on any atom is -0.489 e. The molecule has 24 heavy (non-hydrogen) atoms. The number of para-hydroxylation sites is 1. The van der Waals surface area contributed by atoms with E-state index in [2.05, 4.69) is 14.9 Å². The zero-order valence-corrected chi connectivity index (χ0v) is 13.3. The fourth-order valence-electron chi connectivity index (χ4n) is 3.47. The number of rotatable bonds is 2. The largest absolute Gasteiger partial charge is 0.489 e. The molecule has 0 spiro atoms. The molecule has 0 atom stereocenters. The molecule has 3 heterocycles. The summed E-state index contributed by atoms with van der Waals surface area (Å²) in [7, 11) is 0. The van der Waals surface area contributed by atoms with Crippen LogP contribution < -0.4 is 14.5 Å². The second-order valence-electron chi connectivity index (χ2n) is 6.52. The molecule has 6 nitrogen and oxygen atoms in total. The van der Waals surface area contributed by atoms with Crippen LogP contribution in [0.4, 0.5) is 11.4 Å². The number of aromatic nitrogens is 2. The summed E-state index contributed by atoms with van der Waals surface area (Å²) in [6.45, 7) is 3.05. The Bertz CT molecular complexity index is 801. The first-order chi connectivity index (χ1) is 11.8. The Labute approximate surface area is 140 Å². The Hall–Kier alpha value is -2.63. The van der Waals surface area contributed by atoms with E-state index in [1.165, 1.54) is 0 Å². The third-order valence-electron chi connectivity index (χ3n) is 4.90. The van der Waals surface area contributed by atoms with Gasteiger partial charge in [-0.2, -0.15) is 0 Å². The number of amides is 1. The number of hydrogen-bond acceptors (Lipinski definition) is 5. The van der Waals surface area contributed by atoms with Crippen LogP contribution in [0.5, 0.6) is 5.75 Å². The van der Waals surface area contributed by atoms with Crippen LogP contribution in [-0.4, -0.2) is 42.1 Å². The van der Waals surface area contributed by atoms with Crippen LogP contribution >= 0.6 is 0 Å². The lowest BCUT2D eigenvalue weighted by Gasteiger charge is -2.40. The summed E-state index contributed by atoms with van der Waals surface area (Å²) in [4.78, 5) is 25.8. The van der Waals surface area contributed by atoms with Gasteiger partial charge in [-0.25, -0.2) is 9.97 Å². The van der Waals surface area contributed by atoms with E-state index >= 15 is 0 Å². The van der Waals surface area contributed by atoms with E-state index in [-0.39, 0.29) is 5.91 Å². The van der Waals surface area contributed by atoms with Gasteiger partial charge in [0.25, 0.3) is 5.91 Å². The molecule has 2 aromatic rings. The molecule has 0 radical (unpaired) electrons. The van der Waals surface area contributed by atoms with Gasteiger partial charge in [0, 0.05) is 31.4 Å². The molecule has 0 saturated heterocycles. The molecule has 122 valence electrons. The number of hydrogen-bond donors (Lipinski definition) is 0. The van der Waals surface area contributed by atoms with E-state index in [1.54, 1.807) is 12.4 Å². The van der Waals surface area contributed by atoms with Crippen molar-refractivity contribution in [2.75, 3.05) is 36.0 Å². The summed E-state index contributed by atoms with van der Waals surface area (Å²) in [6, 6.07) is 5.89. The molecule has 1 fully saturated rings. The Morgan fingerprint density at radius 2 is 1.96 bits per heavy atom. The Balaban J connectivity index is 1.49. The minimum absolute atomic E-state index is 0.0454. The van der Waals surface area contributed by atoms with Crippen molar-refractivity contribution >= 4 is 17.3 Å². The molecule has 0 unspecified atom stereocenters. The maximum atomic E-state index is 13.0. The number of anilines is 2. The van der Waals surface area contributed by atoms with Gasteiger partial charge in [0.15, 0.2) is 0 Å². The van der Waals surface area contributed by atoms with Crippen molar-refractivity contribution in [3.05, 3.63) is 42.0 Å². The lowest BCUT2D eigenvalue weighted by molar-refractivity contribution is 0.0985. The standard InChI is InChI=1S/C18H18N4O2/c23-18(13-10-19-17(20-11-13)12-4-5-12)22-7-6-21-8-9-24-15-3-1-2-14(22)16(15)21/h1-3,10-12H,4-9H2. The predicted octanol–water partition coefficient (Wildman–Crippen LogP) is 2.21. The maximum absolute atomic E-state index is 13.0. The Kier molecular flexibility index (Phi) is 2.98. The number of benzene rings is 1. The topological polar surface area (TPSA) is 58.6 Å². The van der Waals surface area contributed by atoms with Crippen LogP contribution in [0.3, 0.4) is 0 Å². The van der Waals surface area contributed by atoms with Gasteiger partial charge in [-0.3, -0.25) is 4.79 Å². The molecule has 2 aliphatic heterocycles. The zero-order valence-electron chi connectivity index (χ0n) is 13.3. The minimum atomic E-state index is -0.0454. The van der Waals surface area contributed by atoms with Crippen LogP contribution in [0.15, 0.2) is 30.6 Å². The molecule has 1 aliphatic carbocycles. The van der Waals surface area contributed by atoms with Gasteiger partial charge in [-0.1, -0.05) is 6.07 Å². The fourth-order valence-corrected chi connectivity index (χ4v) is 3.47. The lowest BCUT2D eigenvalue weighted by Crippen LogP contribution is -2.47. The molecule has 3 aliphatic rings. The van der Waals surface area contributed by atoms with Gasteiger partial charge in [-0.15, -0.1) is 0 Å².